The molecule has 2 atom stereocenters. The third-order valence-electron chi connectivity index (χ3n) is 2.80. The molecule has 0 aliphatic carbocycles. The van der Waals surface area contributed by atoms with Crippen LogP contribution in [0, 0.1) is 0 Å². The third-order valence-corrected chi connectivity index (χ3v) is 3.53. The predicted molar refractivity (Wildman–Crippen MR) is 61.9 cm³/mol. The van der Waals surface area contributed by atoms with Crippen LogP contribution >= 0.6 is 11.5 Å². The number of rotatable bonds is 2. The zero-order valence-electron chi connectivity index (χ0n) is 9.70. The highest BCUT2D eigenvalue weighted by atomic mass is 32.1. The summed E-state index contributed by atoms with van der Waals surface area (Å²) in [6, 6.07) is 0. The fourth-order valence-electron chi connectivity index (χ4n) is 1.80. The van der Waals surface area contributed by atoms with Crippen molar-refractivity contribution in [3.8, 4) is 0 Å². The largest absolute Gasteiger partial charge is 0.388 e. The number of hydrogen-bond donors (Lipinski definition) is 2. The first-order valence-electron chi connectivity index (χ1n) is 5.48. The standard InChI is InChI=1S/C10H15N3O3S/c1-5(2)8-9(17-12-11-8)10(16)13-3-6(14)7(15)4-13/h5-7,14-15H,3-4H2,1-2H3. The second kappa shape index (κ2) is 4.67. The Kier molecular flexibility index (Phi) is 3.41. The summed E-state index contributed by atoms with van der Waals surface area (Å²) in [4.78, 5) is 14.1. The number of carbonyl (C=O) groups is 1. The Bertz CT molecular complexity index is 411. The molecule has 0 aromatic carbocycles. The summed E-state index contributed by atoms with van der Waals surface area (Å²) in [5, 5.41) is 22.8. The van der Waals surface area contributed by atoms with Gasteiger partial charge in [-0.2, -0.15) is 0 Å². The first kappa shape index (κ1) is 12.4. The van der Waals surface area contributed by atoms with Crippen molar-refractivity contribution in [2.24, 2.45) is 0 Å². The number of aromatic nitrogens is 2. The highest BCUT2D eigenvalue weighted by molar-refractivity contribution is 7.08. The van der Waals surface area contributed by atoms with Gasteiger partial charge in [0.15, 0.2) is 0 Å². The lowest BCUT2D eigenvalue weighted by Crippen LogP contribution is -2.30. The number of aliphatic hydroxyl groups excluding tert-OH is 2. The molecule has 1 aromatic heterocycles. The van der Waals surface area contributed by atoms with Gasteiger partial charge in [0.2, 0.25) is 0 Å². The molecular weight excluding hydrogens is 242 g/mol. The Morgan fingerprint density at radius 3 is 2.53 bits per heavy atom. The van der Waals surface area contributed by atoms with Crippen LogP contribution in [0.2, 0.25) is 0 Å². The van der Waals surface area contributed by atoms with Crippen LogP contribution in [0.4, 0.5) is 0 Å². The van der Waals surface area contributed by atoms with Gasteiger partial charge in [0, 0.05) is 13.1 Å². The molecule has 0 bridgehead atoms. The Morgan fingerprint density at radius 2 is 2.00 bits per heavy atom. The van der Waals surface area contributed by atoms with Crippen molar-refractivity contribution in [3.05, 3.63) is 10.6 Å². The summed E-state index contributed by atoms with van der Waals surface area (Å²) in [6.45, 7) is 4.22. The van der Waals surface area contributed by atoms with E-state index in [0.29, 0.717) is 10.6 Å². The van der Waals surface area contributed by atoms with Crippen molar-refractivity contribution >= 4 is 17.4 Å². The van der Waals surface area contributed by atoms with E-state index in [0.717, 1.165) is 11.5 Å². The third kappa shape index (κ3) is 2.31. The van der Waals surface area contributed by atoms with E-state index in [9.17, 15) is 15.0 Å². The number of β-amino-alcohol motifs (C(OH)–C–C–N with tert-alkyl or cyclic N) is 2. The summed E-state index contributed by atoms with van der Waals surface area (Å²) in [5.74, 6) is -0.0792. The average Bonchev–Trinajstić information content (AvgIpc) is 2.85. The van der Waals surface area contributed by atoms with Gasteiger partial charge in [0.05, 0.1) is 17.9 Å². The average molecular weight is 257 g/mol. The lowest BCUT2D eigenvalue weighted by atomic mass is 10.1. The second-order valence-corrected chi connectivity index (χ2v) is 5.24. The molecule has 1 saturated heterocycles. The SMILES string of the molecule is CC(C)c1nnsc1C(=O)N1CC(O)C(O)C1. The lowest BCUT2D eigenvalue weighted by Gasteiger charge is -2.14. The molecule has 2 unspecified atom stereocenters. The zero-order chi connectivity index (χ0) is 12.6. The van der Waals surface area contributed by atoms with E-state index in [1.165, 1.54) is 4.90 Å². The highest BCUT2D eigenvalue weighted by Gasteiger charge is 2.34. The predicted octanol–water partition coefficient (Wildman–Crippen LogP) is -0.161. The van der Waals surface area contributed by atoms with Crippen LogP contribution in [0.5, 0.6) is 0 Å². The van der Waals surface area contributed by atoms with Gasteiger partial charge in [0.1, 0.15) is 4.88 Å². The minimum atomic E-state index is -0.859. The smallest absolute Gasteiger partial charge is 0.267 e. The number of aliphatic hydroxyl groups is 2. The summed E-state index contributed by atoms with van der Waals surface area (Å²) < 4.78 is 3.79. The Morgan fingerprint density at radius 1 is 1.41 bits per heavy atom. The number of hydrogen-bond acceptors (Lipinski definition) is 6. The van der Waals surface area contributed by atoms with Crippen molar-refractivity contribution in [1.29, 1.82) is 0 Å². The van der Waals surface area contributed by atoms with Gasteiger partial charge < -0.3 is 15.1 Å². The summed E-state index contributed by atoms with van der Waals surface area (Å²) in [5.41, 5.74) is 0.677. The number of nitrogens with zero attached hydrogens (tertiary/aromatic N) is 3. The molecule has 0 saturated carbocycles. The molecule has 1 aliphatic heterocycles. The fraction of sp³-hybridized carbons (Fsp3) is 0.700. The minimum Gasteiger partial charge on any atom is -0.388 e. The molecule has 0 spiro atoms. The van der Waals surface area contributed by atoms with E-state index in [4.69, 9.17) is 0 Å². The van der Waals surface area contributed by atoms with Crippen LogP contribution in [0.15, 0.2) is 0 Å². The maximum atomic E-state index is 12.2. The summed E-state index contributed by atoms with van der Waals surface area (Å²) in [6.07, 6.45) is -1.72. The van der Waals surface area contributed by atoms with Crippen LogP contribution in [0.25, 0.3) is 0 Å². The maximum absolute atomic E-state index is 12.2. The fourth-order valence-corrected chi connectivity index (χ4v) is 2.59. The monoisotopic (exact) mass is 257 g/mol. The van der Waals surface area contributed by atoms with E-state index in [-0.39, 0.29) is 24.9 Å². The molecule has 6 nitrogen and oxygen atoms in total. The topological polar surface area (TPSA) is 86.6 Å². The van der Waals surface area contributed by atoms with Gasteiger partial charge in [-0.1, -0.05) is 18.3 Å². The number of carbonyl (C=O) groups excluding carboxylic acids is 1. The second-order valence-electron chi connectivity index (χ2n) is 4.49. The molecular formula is C10H15N3O3S. The highest BCUT2D eigenvalue weighted by Crippen LogP contribution is 2.23. The molecule has 1 amide bonds. The molecule has 1 aliphatic rings. The first-order valence-corrected chi connectivity index (χ1v) is 6.25. The lowest BCUT2D eigenvalue weighted by molar-refractivity contribution is 0.0572. The van der Waals surface area contributed by atoms with Crippen LogP contribution < -0.4 is 0 Å². The van der Waals surface area contributed by atoms with Crippen molar-refractivity contribution < 1.29 is 15.0 Å². The summed E-state index contributed by atoms with van der Waals surface area (Å²) >= 11 is 1.06. The number of likely N-dealkylation sites (tertiary alicyclic amines) is 1. The Hall–Kier alpha value is -1.05. The van der Waals surface area contributed by atoms with Crippen LogP contribution in [0.1, 0.15) is 35.1 Å². The number of amides is 1. The van der Waals surface area contributed by atoms with Gasteiger partial charge in [-0.15, -0.1) is 5.10 Å². The molecule has 2 N–H and O–H groups in total. The molecule has 7 heteroatoms. The van der Waals surface area contributed by atoms with Gasteiger partial charge in [-0.05, 0) is 17.5 Å². The van der Waals surface area contributed by atoms with Crippen molar-refractivity contribution in [3.63, 3.8) is 0 Å². The van der Waals surface area contributed by atoms with Crippen LogP contribution in [-0.2, 0) is 0 Å². The molecule has 2 heterocycles. The molecule has 0 radical (unpaired) electrons. The molecule has 1 fully saturated rings. The van der Waals surface area contributed by atoms with Gasteiger partial charge in [-0.25, -0.2) is 0 Å². The summed E-state index contributed by atoms with van der Waals surface area (Å²) in [7, 11) is 0. The van der Waals surface area contributed by atoms with Crippen LogP contribution in [0.3, 0.4) is 0 Å². The quantitative estimate of drug-likeness (QED) is 0.768. The Balaban J connectivity index is 2.18. The minimum absolute atomic E-state index is 0.130. The van der Waals surface area contributed by atoms with E-state index < -0.39 is 12.2 Å². The van der Waals surface area contributed by atoms with Gasteiger partial charge >= 0.3 is 0 Å². The van der Waals surface area contributed by atoms with E-state index in [1.54, 1.807) is 0 Å². The van der Waals surface area contributed by atoms with Crippen molar-refractivity contribution in [2.45, 2.75) is 32.0 Å². The van der Waals surface area contributed by atoms with Gasteiger partial charge in [-0.3, -0.25) is 4.79 Å². The van der Waals surface area contributed by atoms with Crippen molar-refractivity contribution in [1.82, 2.24) is 14.5 Å². The first-order chi connectivity index (χ1) is 8.00. The van der Waals surface area contributed by atoms with E-state index in [2.05, 4.69) is 9.59 Å². The molecule has 17 heavy (non-hydrogen) atoms. The van der Waals surface area contributed by atoms with E-state index >= 15 is 0 Å². The van der Waals surface area contributed by atoms with Gasteiger partial charge in [0.25, 0.3) is 5.91 Å². The van der Waals surface area contributed by atoms with E-state index in [1.807, 2.05) is 13.8 Å². The molecule has 94 valence electrons. The van der Waals surface area contributed by atoms with Crippen LogP contribution in [-0.4, -0.2) is 55.9 Å². The molecule has 1 aromatic rings. The Labute approximate surface area is 103 Å². The maximum Gasteiger partial charge on any atom is 0.267 e. The zero-order valence-corrected chi connectivity index (χ0v) is 10.5. The van der Waals surface area contributed by atoms with Crippen molar-refractivity contribution in [2.75, 3.05) is 13.1 Å². The molecule has 2 rings (SSSR count). The normalized spacial score (nSPS) is 24.6.